The average molecular weight is 438 g/mol. The summed E-state index contributed by atoms with van der Waals surface area (Å²) in [5, 5.41) is 13.6. The molecule has 2 aliphatic heterocycles. The first-order chi connectivity index (χ1) is 15.5. The van der Waals surface area contributed by atoms with Crippen molar-refractivity contribution in [3.05, 3.63) is 64.2 Å². The first kappa shape index (κ1) is 22.8. The number of benzene rings is 2. The van der Waals surface area contributed by atoms with E-state index in [1.165, 1.54) is 0 Å². The summed E-state index contributed by atoms with van der Waals surface area (Å²) in [6.45, 7) is 7.86. The Hall–Kier alpha value is -2.41. The van der Waals surface area contributed by atoms with Crippen molar-refractivity contribution < 1.29 is 14.6 Å². The molecule has 0 saturated carbocycles. The number of ether oxygens (including phenoxy) is 1. The molecule has 2 aromatic rings. The maximum Gasteiger partial charge on any atom is 0.251 e. The SMILES string of the molecule is Cc1ccc(C(=O)NCCN2CCC(C3Cc4c(ccc(C)c4O)C(CN)O3)CC2)cc1. The molecule has 6 nitrogen and oxygen atoms in total. The molecule has 2 aliphatic rings. The number of aryl methyl sites for hydroxylation is 2. The molecule has 2 atom stereocenters. The van der Waals surface area contributed by atoms with Crippen LogP contribution in [0.4, 0.5) is 0 Å². The molecule has 1 saturated heterocycles. The van der Waals surface area contributed by atoms with E-state index in [2.05, 4.69) is 10.2 Å². The zero-order valence-electron chi connectivity index (χ0n) is 19.1. The lowest BCUT2D eigenvalue weighted by Gasteiger charge is -2.40. The zero-order chi connectivity index (χ0) is 22.7. The average Bonchev–Trinajstić information content (AvgIpc) is 2.81. The Kier molecular flexibility index (Phi) is 7.13. The Labute approximate surface area is 190 Å². The summed E-state index contributed by atoms with van der Waals surface area (Å²) in [5.74, 6) is 0.837. The van der Waals surface area contributed by atoms with Crippen LogP contribution in [-0.4, -0.2) is 54.7 Å². The number of nitrogens with one attached hydrogen (secondary N) is 1. The lowest BCUT2D eigenvalue weighted by Crippen LogP contribution is -2.44. The Morgan fingerprint density at radius 2 is 1.88 bits per heavy atom. The first-order valence-corrected chi connectivity index (χ1v) is 11.7. The number of carbonyl (C=O) groups excluding carboxylic acids is 1. The number of fused-ring (bicyclic) bond motifs is 1. The molecule has 6 heteroatoms. The van der Waals surface area contributed by atoms with Crippen LogP contribution in [0.1, 0.15) is 51.6 Å². The summed E-state index contributed by atoms with van der Waals surface area (Å²) in [4.78, 5) is 14.7. The van der Waals surface area contributed by atoms with E-state index < -0.39 is 0 Å². The third-order valence-corrected chi connectivity index (χ3v) is 7.01. The van der Waals surface area contributed by atoms with Crippen LogP contribution in [0.3, 0.4) is 0 Å². The van der Waals surface area contributed by atoms with E-state index in [0.717, 1.165) is 61.2 Å². The number of hydrogen-bond acceptors (Lipinski definition) is 5. The van der Waals surface area contributed by atoms with Crippen molar-refractivity contribution in [2.24, 2.45) is 11.7 Å². The fraction of sp³-hybridized carbons (Fsp3) is 0.500. The standard InChI is InChI=1S/C26H35N3O3/c1-17-3-6-20(7-4-17)26(31)28-11-14-29-12-9-19(10-13-29)23-15-22-21(24(16-27)32-23)8-5-18(2)25(22)30/h3-8,19,23-24,30H,9-16,27H2,1-2H3,(H,28,31). The molecule has 1 amide bonds. The Morgan fingerprint density at radius 3 is 2.56 bits per heavy atom. The summed E-state index contributed by atoms with van der Waals surface area (Å²) in [7, 11) is 0. The van der Waals surface area contributed by atoms with E-state index in [9.17, 15) is 9.90 Å². The fourth-order valence-corrected chi connectivity index (χ4v) is 4.96. The molecule has 2 unspecified atom stereocenters. The van der Waals surface area contributed by atoms with Gasteiger partial charge in [0, 0.05) is 37.2 Å². The van der Waals surface area contributed by atoms with E-state index in [1.807, 2.05) is 50.2 Å². The van der Waals surface area contributed by atoms with Crippen LogP contribution in [0.15, 0.2) is 36.4 Å². The van der Waals surface area contributed by atoms with Crippen LogP contribution in [0.5, 0.6) is 5.75 Å². The van der Waals surface area contributed by atoms with E-state index in [-0.39, 0.29) is 18.1 Å². The van der Waals surface area contributed by atoms with Gasteiger partial charge in [-0.25, -0.2) is 0 Å². The minimum absolute atomic E-state index is 0.0166. The fourth-order valence-electron chi connectivity index (χ4n) is 4.96. The van der Waals surface area contributed by atoms with Crippen molar-refractivity contribution >= 4 is 5.91 Å². The molecule has 1 fully saturated rings. The van der Waals surface area contributed by atoms with Crippen LogP contribution < -0.4 is 11.1 Å². The summed E-state index contributed by atoms with van der Waals surface area (Å²) in [5.41, 5.74) is 10.8. The molecule has 4 N–H and O–H groups in total. The molecular formula is C26H35N3O3. The van der Waals surface area contributed by atoms with Crippen molar-refractivity contribution in [1.29, 1.82) is 0 Å². The molecule has 0 bridgehead atoms. The van der Waals surface area contributed by atoms with E-state index >= 15 is 0 Å². The van der Waals surface area contributed by atoms with Gasteiger partial charge in [-0.05, 0) is 69.0 Å². The van der Waals surface area contributed by atoms with Gasteiger partial charge in [0.15, 0.2) is 0 Å². The van der Waals surface area contributed by atoms with Crippen molar-refractivity contribution in [1.82, 2.24) is 10.2 Å². The minimum atomic E-state index is -0.148. The number of likely N-dealkylation sites (tertiary alicyclic amines) is 1. The number of aromatic hydroxyl groups is 1. The molecule has 172 valence electrons. The number of piperidine rings is 1. The zero-order valence-corrected chi connectivity index (χ0v) is 19.1. The van der Waals surface area contributed by atoms with Gasteiger partial charge in [0.2, 0.25) is 0 Å². The number of phenols is 1. The van der Waals surface area contributed by atoms with Crippen molar-refractivity contribution in [3.63, 3.8) is 0 Å². The number of nitrogens with zero attached hydrogens (tertiary/aromatic N) is 1. The largest absolute Gasteiger partial charge is 0.507 e. The normalized spacial score (nSPS) is 21.8. The second kappa shape index (κ2) is 10.0. The molecule has 2 heterocycles. The highest BCUT2D eigenvalue weighted by Crippen LogP contribution is 2.40. The number of amides is 1. The van der Waals surface area contributed by atoms with Gasteiger partial charge in [0.05, 0.1) is 12.2 Å². The number of hydrogen-bond donors (Lipinski definition) is 3. The highest BCUT2D eigenvalue weighted by molar-refractivity contribution is 5.94. The number of phenolic OH excluding ortho intramolecular Hbond substituents is 1. The molecular weight excluding hydrogens is 402 g/mol. The van der Waals surface area contributed by atoms with Crippen LogP contribution in [0, 0.1) is 19.8 Å². The van der Waals surface area contributed by atoms with Crippen LogP contribution >= 0.6 is 0 Å². The van der Waals surface area contributed by atoms with Crippen LogP contribution in [-0.2, 0) is 11.2 Å². The van der Waals surface area contributed by atoms with Gasteiger partial charge in [-0.1, -0.05) is 29.8 Å². The van der Waals surface area contributed by atoms with Crippen molar-refractivity contribution in [2.75, 3.05) is 32.7 Å². The van der Waals surface area contributed by atoms with E-state index in [1.54, 1.807) is 0 Å². The summed E-state index contributed by atoms with van der Waals surface area (Å²) >= 11 is 0. The van der Waals surface area contributed by atoms with E-state index in [0.29, 0.717) is 30.3 Å². The predicted molar refractivity (Wildman–Crippen MR) is 126 cm³/mol. The highest BCUT2D eigenvalue weighted by atomic mass is 16.5. The Bertz CT molecular complexity index is 936. The van der Waals surface area contributed by atoms with Gasteiger partial charge in [-0.15, -0.1) is 0 Å². The Morgan fingerprint density at radius 1 is 1.16 bits per heavy atom. The lowest BCUT2D eigenvalue weighted by molar-refractivity contribution is -0.0645. The van der Waals surface area contributed by atoms with Gasteiger partial charge < -0.3 is 25.8 Å². The van der Waals surface area contributed by atoms with Gasteiger partial charge in [-0.2, -0.15) is 0 Å². The molecule has 32 heavy (non-hydrogen) atoms. The third-order valence-electron chi connectivity index (χ3n) is 7.01. The second-order valence-electron chi connectivity index (χ2n) is 9.20. The van der Waals surface area contributed by atoms with Crippen molar-refractivity contribution in [2.45, 2.75) is 45.3 Å². The molecule has 2 aromatic carbocycles. The number of nitrogens with two attached hydrogens (primary N) is 1. The smallest absolute Gasteiger partial charge is 0.251 e. The number of rotatable bonds is 6. The number of carbonyl (C=O) groups is 1. The van der Waals surface area contributed by atoms with Crippen LogP contribution in [0.2, 0.25) is 0 Å². The minimum Gasteiger partial charge on any atom is -0.507 e. The predicted octanol–water partition coefficient (Wildman–Crippen LogP) is 3.09. The van der Waals surface area contributed by atoms with Gasteiger partial charge in [0.1, 0.15) is 5.75 Å². The second-order valence-corrected chi connectivity index (χ2v) is 9.20. The van der Waals surface area contributed by atoms with Crippen LogP contribution in [0.25, 0.3) is 0 Å². The summed E-state index contributed by atoms with van der Waals surface area (Å²) < 4.78 is 6.39. The summed E-state index contributed by atoms with van der Waals surface area (Å²) in [6.07, 6.45) is 2.79. The van der Waals surface area contributed by atoms with E-state index in [4.69, 9.17) is 10.5 Å². The third kappa shape index (κ3) is 4.98. The highest BCUT2D eigenvalue weighted by Gasteiger charge is 2.35. The molecule has 4 rings (SSSR count). The molecule has 0 spiro atoms. The lowest BCUT2D eigenvalue weighted by atomic mass is 9.83. The monoisotopic (exact) mass is 437 g/mol. The van der Waals surface area contributed by atoms with Gasteiger partial charge in [0.25, 0.3) is 5.91 Å². The molecule has 0 aromatic heterocycles. The Balaban J connectivity index is 1.27. The maximum atomic E-state index is 12.3. The van der Waals surface area contributed by atoms with Crippen molar-refractivity contribution in [3.8, 4) is 5.75 Å². The molecule has 0 aliphatic carbocycles. The van der Waals surface area contributed by atoms with Gasteiger partial charge >= 0.3 is 0 Å². The first-order valence-electron chi connectivity index (χ1n) is 11.7. The topological polar surface area (TPSA) is 87.8 Å². The summed E-state index contributed by atoms with van der Waals surface area (Å²) in [6, 6.07) is 11.6. The quantitative estimate of drug-likeness (QED) is 0.646. The maximum absolute atomic E-state index is 12.3. The molecule has 0 radical (unpaired) electrons. The van der Waals surface area contributed by atoms with Gasteiger partial charge in [-0.3, -0.25) is 4.79 Å².